The van der Waals surface area contributed by atoms with Gasteiger partial charge in [0, 0.05) is 11.8 Å². The number of hydrogen-bond donors (Lipinski definition) is 1. The van der Waals surface area contributed by atoms with Gasteiger partial charge in [-0.3, -0.25) is 0 Å². The molecule has 1 rings (SSSR count). The lowest BCUT2D eigenvalue weighted by Gasteiger charge is -2.32. The molecule has 0 aromatic heterocycles. The van der Waals surface area contributed by atoms with Gasteiger partial charge in [0.2, 0.25) is 0 Å². The number of sulfone groups is 1. The zero-order valence-corrected chi connectivity index (χ0v) is 11.3. The summed E-state index contributed by atoms with van der Waals surface area (Å²) in [5.74, 6) is 1.89. The largest absolute Gasteiger partial charge is 0.327 e. The molecule has 1 fully saturated rings. The zero-order chi connectivity index (χ0) is 12.2. The highest BCUT2D eigenvalue weighted by atomic mass is 32.2. The van der Waals surface area contributed by atoms with Crippen molar-refractivity contribution in [3.8, 4) is 0 Å². The molecule has 0 aromatic carbocycles. The molecule has 0 aromatic rings. The van der Waals surface area contributed by atoms with E-state index in [0.717, 1.165) is 25.2 Å². The third kappa shape index (κ3) is 4.42. The second-order valence-electron chi connectivity index (χ2n) is 5.22. The predicted molar refractivity (Wildman–Crippen MR) is 68.0 cm³/mol. The summed E-state index contributed by atoms with van der Waals surface area (Å²) < 4.78 is 22.7. The molecule has 3 atom stereocenters. The van der Waals surface area contributed by atoms with Crippen molar-refractivity contribution in [1.82, 2.24) is 0 Å². The average molecular weight is 247 g/mol. The van der Waals surface area contributed by atoms with Crippen LogP contribution in [0.15, 0.2) is 0 Å². The molecule has 3 unspecified atom stereocenters. The Morgan fingerprint density at radius 2 is 2.00 bits per heavy atom. The van der Waals surface area contributed by atoms with Crippen LogP contribution < -0.4 is 5.73 Å². The Bertz CT molecular complexity index is 300. The second-order valence-corrected chi connectivity index (χ2v) is 7.69. The van der Waals surface area contributed by atoms with Crippen LogP contribution in [0.3, 0.4) is 0 Å². The van der Waals surface area contributed by atoms with Crippen LogP contribution in [0.5, 0.6) is 0 Å². The summed E-state index contributed by atoms with van der Waals surface area (Å²) in [6.07, 6.45) is 5.26. The van der Waals surface area contributed by atoms with Crippen molar-refractivity contribution in [2.24, 2.45) is 17.6 Å². The molecule has 4 heteroatoms. The van der Waals surface area contributed by atoms with E-state index in [0.29, 0.717) is 17.7 Å². The van der Waals surface area contributed by atoms with Gasteiger partial charge in [-0.25, -0.2) is 8.42 Å². The molecule has 0 aliphatic heterocycles. The van der Waals surface area contributed by atoms with Crippen molar-refractivity contribution in [3.05, 3.63) is 0 Å². The monoisotopic (exact) mass is 247 g/mol. The van der Waals surface area contributed by atoms with Crippen LogP contribution in [0.2, 0.25) is 0 Å². The molecule has 0 saturated heterocycles. The SMILES string of the molecule is CCS(=O)(=O)CCCC1CC(C)CCC1N. The molecule has 0 bridgehead atoms. The summed E-state index contributed by atoms with van der Waals surface area (Å²) in [6.45, 7) is 3.98. The summed E-state index contributed by atoms with van der Waals surface area (Å²) in [6, 6.07) is 0.292. The maximum atomic E-state index is 11.4. The predicted octanol–water partition coefficient (Wildman–Crippen LogP) is 1.96. The van der Waals surface area contributed by atoms with Gasteiger partial charge in [-0.1, -0.05) is 13.8 Å². The normalized spacial score (nSPS) is 31.6. The Balaban J connectivity index is 2.31. The van der Waals surface area contributed by atoms with E-state index in [1.807, 2.05) is 0 Å². The highest BCUT2D eigenvalue weighted by molar-refractivity contribution is 7.91. The van der Waals surface area contributed by atoms with Gasteiger partial charge in [0.05, 0.1) is 5.75 Å². The summed E-state index contributed by atoms with van der Waals surface area (Å²) >= 11 is 0. The molecule has 0 amide bonds. The lowest BCUT2D eigenvalue weighted by molar-refractivity contribution is 0.233. The van der Waals surface area contributed by atoms with Crippen molar-refractivity contribution >= 4 is 9.84 Å². The summed E-state index contributed by atoms with van der Waals surface area (Å²) in [5.41, 5.74) is 6.07. The minimum atomic E-state index is -2.79. The molecular weight excluding hydrogens is 222 g/mol. The Labute approximate surface area is 99.7 Å². The molecular formula is C12H25NO2S. The van der Waals surface area contributed by atoms with Gasteiger partial charge in [-0.15, -0.1) is 0 Å². The molecule has 16 heavy (non-hydrogen) atoms. The lowest BCUT2D eigenvalue weighted by atomic mass is 9.77. The molecule has 2 N–H and O–H groups in total. The number of nitrogens with two attached hydrogens (primary N) is 1. The highest BCUT2D eigenvalue weighted by Gasteiger charge is 2.25. The van der Waals surface area contributed by atoms with E-state index in [4.69, 9.17) is 5.73 Å². The van der Waals surface area contributed by atoms with Gasteiger partial charge in [-0.2, -0.15) is 0 Å². The zero-order valence-electron chi connectivity index (χ0n) is 10.5. The van der Waals surface area contributed by atoms with E-state index in [1.165, 1.54) is 12.8 Å². The van der Waals surface area contributed by atoms with E-state index >= 15 is 0 Å². The van der Waals surface area contributed by atoms with Crippen LogP contribution in [-0.2, 0) is 9.84 Å². The van der Waals surface area contributed by atoms with E-state index < -0.39 is 9.84 Å². The quantitative estimate of drug-likeness (QED) is 0.808. The summed E-state index contributed by atoms with van der Waals surface area (Å²) in [5, 5.41) is 0. The summed E-state index contributed by atoms with van der Waals surface area (Å²) in [4.78, 5) is 0. The van der Waals surface area contributed by atoms with Gasteiger partial charge < -0.3 is 5.73 Å². The molecule has 1 aliphatic carbocycles. The Morgan fingerprint density at radius 3 is 2.62 bits per heavy atom. The first kappa shape index (κ1) is 14.0. The van der Waals surface area contributed by atoms with Crippen molar-refractivity contribution in [2.75, 3.05) is 11.5 Å². The maximum absolute atomic E-state index is 11.4. The van der Waals surface area contributed by atoms with Crippen molar-refractivity contribution in [3.63, 3.8) is 0 Å². The number of hydrogen-bond acceptors (Lipinski definition) is 3. The van der Waals surface area contributed by atoms with Crippen molar-refractivity contribution in [2.45, 2.75) is 52.0 Å². The Kier molecular flexibility index (Phi) is 5.25. The average Bonchev–Trinajstić information content (AvgIpc) is 2.23. The highest BCUT2D eigenvalue weighted by Crippen LogP contribution is 2.30. The van der Waals surface area contributed by atoms with Crippen LogP contribution >= 0.6 is 0 Å². The molecule has 1 aliphatic rings. The van der Waals surface area contributed by atoms with Crippen LogP contribution in [-0.4, -0.2) is 26.0 Å². The van der Waals surface area contributed by atoms with Gasteiger partial charge in [-0.05, 0) is 43.9 Å². The summed E-state index contributed by atoms with van der Waals surface area (Å²) in [7, 11) is -2.79. The molecule has 0 spiro atoms. The second kappa shape index (κ2) is 6.01. The van der Waals surface area contributed by atoms with Gasteiger partial charge in [0.25, 0.3) is 0 Å². The van der Waals surface area contributed by atoms with Gasteiger partial charge in [0.15, 0.2) is 0 Å². The first-order valence-corrected chi connectivity index (χ1v) is 8.22. The number of rotatable bonds is 5. The van der Waals surface area contributed by atoms with Crippen molar-refractivity contribution < 1.29 is 8.42 Å². The van der Waals surface area contributed by atoms with Crippen LogP contribution in [0.1, 0.15) is 46.0 Å². The topological polar surface area (TPSA) is 60.2 Å². The van der Waals surface area contributed by atoms with Crippen LogP contribution in [0.4, 0.5) is 0 Å². The fraction of sp³-hybridized carbons (Fsp3) is 1.00. The van der Waals surface area contributed by atoms with Crippen LogP contribution in [0.25, 0.3) is 0 Å². The van der Waals surface area contributed by atoms with E-state index in [9.17, 15) is 8.42 Å². The van der Waals surface area contributed by atoms with Crippen LogP contribution in [0, 0.1) is 11.8 Å². The third-order valence-electron chi connectivity index (χ3n) is 3.77. The molecule has 0 heterocycles. The van der Waals surface area contributed by atoms with E-state index in [-0.39, 0.29) is 5.75 Å². The molecule has 96 valence electrons. The van der Waals surface area contributed by atoms with Gasteiger partial charge >= 0.3 is 0 Å². The van der Waals surface area contributed by atoms with E-state index in [2.05, 4.69) is 6.92 Å². The maximum Gasteiger partial charge on any atom is 0.150 e. The first-order chi connectivity index (χ1) is 7.44. The Morgan fingerprint density at radius 1 is 1.31 bits per heavy atom. The van der Waals surface area contributed by atoms with Gasteiger partial charge in [0.1, 0.15) is 9.84 Å². The minimum Gasteiger partial charge on any atom is -0.327 e. The fourth-order valence-electron chi connectivity index (χ4n) is 2.56. The fourth-order valence-corrected chi connectivity index (χ4v) is 3.46. The molecule has 0 radical (unpaired) electrons. The van der Waals surface area contributed by atoms with E-state index in [1.54, 1.807) is 6.92 Å². The molecule has 1 saturated carbocycles. The standard InChI is InChI=1S/C12H25NO2S/c1-3-16(14,15)8-4-5-11-9-10(2)6-7-12(11)13/h10-12H,3-9,13H2,1-2H3. The molecule has 3 nitrogen and oxygen atoms in total. The van der Waals surface area contributed by atoms with Crippen molar-refractivity contribution in [1.29, 1.82) is 0 Å². The first-order valence-electron chi connectivity index (χ1n) is 6.40. The smallest absolute Gasteiger partial charge is 0.150 e. The Hall–Kier alpha value is -0.0900. The third-order valence-corrected chi connectivity index (χ3v) is 5.56. The minimum absolute atomic E-state index is 0.264. The lowest BCUT2D eigenvalue weighted by Crippen LogP contribution is -2.35.